The number of carbonyl (C=O) groups excluding carboxylic acids is 1. The largest absolute Gasteiger partial charge is 0.346 e. The minimum absolute atomic E-state index is 0.224. The molecule has 0 atom stereocenters. The van der Waals surface area contributed by atoms with Gasteiger partial charge in [0, 0.05) is 39.6 Å². The molecule has 5 nitrogen and oxygen atoms in total. The van der Waals surface area contributed by atoms with Gasteiger partial charge in [0.15, 0.2) is 0 Å². The summed E-state index contributed by atoms with van der Waals surface area (Å²) in [5, 5.41) is 0. The second-order valence-corrected chi connectivity index (χ2v) is 5.56. The molecule has 0 aromatic heterocycles. The van der Waals surface area contributed by atoms with Crippen LogP contribution in [0.3, 0.4) is 0 Å². The van der Waals surface area contributed by atoms with Gasteiger partial charge in [-0.25, -0.2) is 0 Å². The Balaban J connectivity index is 2.07. The van der Waals surface area contributed by atoms with Gasteiger partial charge >= 0.3 is 0 Å². The lowest BCUT2D eigenvalue weighted by Crippen LogP contribution is -2.35. The maximum Gasteiger partial charge on any atom is 0.223 e. The Kier molecular flexibility index (Phi) is 8.02. The second-order valence-electron chi connectivity index (χ2n) is 5.56. The van der Waals surface area contributed by atoms with E-state index in [-0.39, 0.29) is 5.91 Å². The molecule has 5 heteroatoms. The van der Waals surface area contributed by atoms with Gasteiger partial charge in [-0.05, 0) is 45.9 Å². The van der Waals surface area contributed by atoms with Crippen LogP contribution in [-0.4, -0.2) is 80.5 Å². The van der Waals surface area contributed by atoms with E-state index in [0.29, 0.717) is 13.0 Å². The number of carbonyl (C=O) groups is 1. The van der Waals surface area contributed by atoms with E-state index >= 15 is 0 Å². The second kappa shape index (κ2) is 9.28. The van der Waals surface area contributed by atoms with Gasteiger partial charge in [0.05, 0.1) is 0 Å². The number of hydrogen-bond donors (Lipinski definition) is 1. The van der Waals surface area contributed by atoms with Crippen molar-refractivity contribution in [3.63, 3.8) is 0 Å². The van der Waals surface area contributed by atoms with Crippen molar-refractivity contribution in [2.45, 2.75) is 25.7 Å². The van der Waals surface area contributed by atoms with E-state index in [0.717, 1.165) is 32.6 Å². The molecule has 0 saturated carbocycles. The molecule has 0 radical (unpaired) electrons. The van der Waals surface area contributed by atoms with Crippen molar-refractivity contribution in [3.05, 3.63) is 0 Å². The zero-order chi connectivity index (χ0) is 14.1. The number of rotatable bonds is 9. The van der Waals surface area contributed by atoms with E-state index in [2.05, 4.69) is 16.8 Å². The number of nitrogens with two attached hydrogens (primary N) is 1. The summed E-state index contributed by atoms with van der Waals surface area (Å²) in [7, 11) is 3.96. The van der Waals surface area contributed by atoms with E-state index in [4.69, 9.17) is 5.73 Å². The molecule has 2 N–H and O–H groups in total. The fraction of sp³-hybridized carbons (Fsp3) is 0.929. The molecule has 0 unspecified atom stereocenters. The van der Waals surface area contributed by atoms with Crippen LogP contribution in [0.1, 0.15) is 25.7 Å². The van der Waals surface area contributed by atoms with Crippen LogP contribution in [0, 0.1) is 0 Å². The molecule has 1 fully saturated rings. The zero-order valence-corrected chi connectivity index (χ0v) is 12.6. The predicted molar refractivity (Wildman–Crippen MR) is 79.1 cm³/mol. The number of likely N-dealkylation sites (N-methyl/N-ethyl adjacent to an activating group) is 1. The third-order valence-electron chi connectivity index (χ3n) is 3.83. The first kappa shape index (κ1) is 16.4. The number of likely N-dealkylation sites (tertiary alicyclic amines) is 1. The summed E-state index contributed by atoms with van der Waals surface area (Å²) < 4.78 is 0. The van der Waals surface area contributed by atoms with Gasteiger partial charge in [0.1, 0.15) is 0 Å². The molecule has 0 aromatic carbocycles. The minimum atomic E-state index is 0.224. The smallest absolute Gasteiger partial charge is 0.223 e. The first-order valence-electron chi connectivity index (χ1n) is 7.48. The van der Waals surface area contributed by atoms with Crippen LogP contribution in [-0.2, 0) is 4.79 Å². The molecule has 1 rings (SSSR count). The first-order valence-corrected chi connectivity index (χ1v) is 7.48. The Morgan fingerprint density at radius 3 is 2.47 bits per heavy atom. The summed E-state index contributed by atoms with van der Waals surface area (Å²) in [6, 6.07) is 0. The molecule has 1 aliphatic heterocycles. The number of amides is 1. The van der Waals surface area contributed by atoms with E-state index in [1.165, 1.54) is 25.9 Å². The molecule has 0 bridgehead atoms. The van der Waals surface area contributed by atoms with Gasteiger partial charge < -0.3 is 20.4 Å². The highest BCUT2D eigenvalue weighted by Gasteiger charge is 2.13. The van der Waals surface area contributed by atoms with Gasteiger partial charge in [-0.3, -0.25) is 4.79 Å². The third kappa shape index (κ3) is 6.89. The standard InChI is InChI=1S/C14H30N4O/c1-16(12-13-18-9-3-4-10-18)11-6-14(19)17(2)8-5-7-15/h3-13,15H2,1-2H3. The maximum absolute atomic E-state index is 11.9. The van der Waals surface area contributed by atoms with Gasteiger partial charge in [-0.1, -0.05) is 0 Å². The molecule has 112 valence electrons. The molecule has 1 saturated heterocycles. The van der Waals surface area contributed by atoms with Gasteiger partial charge in [-0.2, -0.15) is 0 Å². The lowest BCUT2D eigenvalue weighted by atomic mass is 10.3. The first-order chi connectivity index (χ1) is 9.13. The summed E-state index contributed by atoms with van der Waals surface area (Å²) in [5.74, 6) is 0.224. The summed E-state index contributed by atoms with van der Waals surface area (Å²) in [4.78, 5) is 18.4. The maximum atomic E-state index is 11.9. The highest BCUT2D eigenvalue weighted by atomic mass is 16.2. The Morgan fingerprint density at radius 2 is 1.84 bits per heavy atom. The summed E-state index contributed by atoms with van der Waals surface area (Å²) >= 11 is 0. The molecular formula is C14H30N4O. The van der Waals surface area contributed by atoms with Crippen LogP contribution < -0.4 is 5.73 Å². The van der Waals surface area contributed by atoms with Crippen molar-refractivity contribution in [2.24, 2.45) is 5.73 Å². The lowest BCUT2D eigenvalue weighted by Gasteiger charge is -2.22. The van der Waals surface area contributed by atoms with E-state index in [1.54, 1.807) is 4.90 Å². The van der Waals surface area contributed by atoms with Crippen LogP contribution in [0.5, 0.6) is 0 Å². The van der Waals surface area contributed by atoms with Crippen LogP contribution in [0.15, 0.2) is 0 Å². The molecule has 1 amide bonds. The zero-order valence-electron chi connectivity index (χ0n) is 12.6. The molecule has 19 heavy (non-hydrogen) atoms. The molecule has 0 aliphatic carbocycles. The summed E-state index contributed by atoms with van der Waals surface area (Å²) in [5.41, 5.74) is 5.45. The Labute approximate surface area is 117 Å². The lowest BCUT2D eigenvalue weighted by molar-refractivity contribution is -0.130. The van der Waals surface area contributed by atoms with E-state index in [1.807, 2.05) is 7.05 Å². The number of hydrogen-bond acceptors (Lipinski definition) is 4. The number of nitrogens with zero attached hydrogens (tertiary/aromatic N) is 3. The quantitative estimate of drug-likeness (QED) is 0.651. The monoisotopic (exact) mass is 270 g/mol. The fourth-order valence-electron chi connectivity index (χ4n) is 2.36. The van der Waals surface area contributed by atoms with Gasteiger partial charge in [0.2, 0.25) is 5.91 Å². The van der Waals surface area contributed by atoms with Crippen molar-refractivity contribution in [1.29, 1.82) is 0 Å². The average Bonchev–Trinajstić information content (AvgIpc) is 2.92. The Hall–Kier alpha value is -0.650. The topological polar surface area (TPSA) is 52.8 Å². The predicted octanol–water partition coefficient (Wildman–Crippen LogP) is 0.211. The van der Waals surface area contributed by atoms with Crippen LogP contribution in [0.2, 0.25) is 0 Å². The SMILES string of the molecule is CN(CCC(=O)N(C)CCCN)CCN1CCCC1. The van der Waals surface area contributed by atoms with E-state index < -0.39 is 0 Å². The third-order valence-corrected chi connectivity index (χ3v) is 3.83. The van der Waals surface area contributed by atoms with Crippen molar-refractivity contribution in [1.82, 2.24) is 14.7 Å². The Morgan fingerprint density at radius 1 is 1.16 bits per heavy atom. The molecule has 1 aliphatic rings. The van der Waals surface area contributed by atoms with Crippen molar-refractivity contribution in [2.75, 3.05) is 59.9 Å². The van der Waals surface area contributed by atoms with Crippen molar-refractivity contribution < 1.29 is 4.79 Å². The molecular weight excluding hydrogens is 240 g/mol. The van der Waals surface area contributed by atoms with E-state index in [9.17, 15) is 4.79 Å². The van der Waals surface area contributed by atoms with Crippen molar-refractivity contribution in [3.8, 4) is 0 Å². The molecule has 0 aromatic rings. The fourth-order valence-corrected chi connectivity index (χ4v) is 2.36. The summed E-state index contributed by atoms with van der Waals surface area (Å²) in [6.45, 7) is 6.94. The Bertz CT molecular complexity index is 254. The van der Waals surface area contributed by atoms with Crippen LogP contribution in [0.25, 0.3) is 0 Å². The molecule has 0 spiro atoms. The van der Waals surface area contributed by atoms with Gasteiger partial charge in [0.25, 0.3) is 0 Å². The normalized spacial score (nSPS) is 16.2. The minimum Gasteiger partial charge on any atom is -0.346 e. The molecule has 1 heterocycles. The summed E-state index contributed by atoms with van der Waals surface area (Å²) in [6.07, 6.45) is 4.17. The van der Waals surface area contributed by atoms with Crippen molar-refractivity contribution >= 4 is 5.91 Å². The van der Waals surface area contributed by atoms with Crippen LogP contribution in [0.4, 0.5) is 0 Å². The van der Waals surface area contributed by atoms with Gasteiger partial charge in [-0.15, -0.1) is 0 Å². The highest BCUT2D eigenvalue weighted by Crippen LogP contribution is 2.06. The van der Waals surface area contributed by atoms with Crippen LogP contribution >= 0.6 is 0 Å². The average molecular weight is 270 g/mol. The highest BCUT2D eigenvalue weighted by molar-refractivity contribution is 5.76.